The lowest BCUT2D eigenvalue weighted by molar-refractivity contribution is -0.118. The number of nitrogens with zero attached hydrogens (tertiary/aromatic N) is 3. The highest BCUT2D eigenvalue weighted by molar-refractivity contribution is 9.10. The SMILES string of the molecule is CN(C)CCN(C(=O)CCCS(=O)(=O)c1ccc(F)cc1)c1nc2ccc(Br)cc2s1. The van der Waals surface area contributed by atoms with Gasteiger partial charge in [-0.15, -0.1) is 0 Å². The standard InChI is InChI=1S/C21H23BrFN3O3S2/c1-25(2)11-12-26(21-24-18-10-5-15(22)14-19(18)30-21)20(27)4-3-13-31(28,29)17-8-6-16(23)7-9-17/h5-10,14H,3-4,11-13H2,1-2H3. The topological polar surface area (TPSA) is 70.6 Å². The summed E-state index contributed by atoms with van der Waals surface area (Å²) in [6.45, 7) is 1.11. The van der Waals surface area contributed by atoms with E-state index in [9.17, 15) is 17.6 Å². The molecule has 1 amide bonds. The van der Waals surface area contributed by atoms with Crippen molar-refractivity contribution in [3.8, 4) is 0 Å². The van der Waals surface area contributed by atoms with Crippen LogP contribution in [0.3, 0.4) is 0 Å². The summed E-state index contributed by atoms with van der Waals surface area (Å²) >= 11 is 4.88. The Morgan fingerprint density at radius 1 is 1.13 bits per heavy atom. The zero-order chi connectivity index (χ0) is 22.6. The van der Waals surface area contributed by atoms with Crippen molar-refractivity contribution in [3.05, 3.63) is 52.8 Å². The van der Waals surface area contributed by atoms with Gasteiger partial charge in [0.2, 0.25) is 5.91 Å². The van der Waals surface area contributed by atoms with Crippen LogP contribution >= 0.6 is 27.3 Å². The second kappa shape index (κ2) is 10.2. The predicted octanol–water partition coefficient (Wildman–Crippen LogP) is 4.35. The summed E-state index contributed by atoms with van der Waals surface area (Å²) in [6.07, 6.45) is 0.251. The quantitative estimate of drug-likeness (QED) is 0.387. The summed E-state index contributed by atoms with van der Waals surface area (Å²) in [6, 6.07) is 10.5. The second-order valence-electron chi connectivity index (χ2n) is 7.33. The van der Waals surface area contributed by atoms with Gasteiger partial charge in [-0.2, -0.15) is 0 Å². The van der Waals surface area contributed by atoms with Gasteiger partial charge in [-0.1, -0.05) is 27.3 Å². The Morgan fingerprint density at radius 2 is 1.84 bits per heavy atom. The molecular formula is C21H23BrFN3O3S2. The van der Waals surface area contributed by atoms with Gasteiger partial charge in [0.15, 0.2) is 15.0 Å². The first kappa shape index (κ1) is 23.8. The zero-order valence-electron chi connectivity index (χ0n) is 17.2. The average Bonchev–Trinajstić information content (AvgIpc) is 3.10. The molecule has 166 valence electrons. The van der Waals surface area contributed by atoms with Gasteiger partial charge in [-0.25, -0.2) is 17.8 Å². The van der Waals surface area contributed by atoms with Gasteiger partial charge in [0.1, 0.15) is 5.82 Å². The van der Waals surface area contributed by atoms with E-state index in [2.05, 4.69) is 20.9 Å². The molecule has 2 aromatic carbocycles. The molecule has 3 rings (SSSR count). The lowest BCUT2D eigenvalue weighted by Gasteiger charge is -2.22. The predicted molar refractivity (Wildman–Crippen MR) is 126 cm³/mol. The van der Waals surface area contributed by atoms with Crippen molar-refractivity contribution < 1.29 is 17.6 Å². The molecule has 0 bridgehead atoms. The van der Waals surface area contributed by atoms with Crippen molar-refractivity contribution in [3.63, 3.8) is 0 Å². The maximum atomic E-state index is 13.1. The molecule has 0 unspecified atom stereocenters. The van der Waals surface area contributed by atoms with Crippen LogP contribution in [0.5, 0.6) is 0 Å². The first-order valence-corrected chi connectivity index (χ1v) is 12.9. The molecular weight excluding hydrogens is 505 g/mol. The molecule has 0 saturated carbocycles. The van der Waals surface area contributed by atoms with Crippen LogP contribution in [0.4, 0.5) is 9.52 Å². The number of hydrogen-bond acceptors (Lipinski definition) is 6. The van der Waals surface area contributed by atoms with Crippen LogP contribution in [-0.4, -0.2) is 57.1 Å². The van der Waals surface area contributed by atoms with Gasteiger partial charge in [0, 0.05) is 24.0 Å². The van der Waals surface area contributed by atoms with Crippen LogP contribution in [0.1, 0.15) is 12.8 Å². The molecule has 0 saturated heterocycles. The molecule has 10 heteroatoms. The average molecular weight is 528 g/mol. The fourth-order valence-corrected chi connectivity index (χ4v) is 5.81. The van der Waals surface area contributed by atoms with Crippen LogP contribution in [-0.2, 0) is 14.6 Å². The number of benzene rings is 2. The third-order valence-electron chi connectivity index (χ3n) is 4.62. The van der Waals surface area contributed by atoms with Gasteiger partial charge < -0.3 is 4.90 Å². The highest BCUT2D eigenvalue weighted by atomic mass is 79.9. The number of fused-ring (bicyclic) bond motifs is 1. The summed E-state index contributed by atoms with van der Waals surface area (Å²) < 4.78 is 39.9. The maximum absolute atomic E-state index is 13.1. The van der Waals surface area contributed by atoms with E-state index < -0.39 is 15.7 Å². The molecule has 3 aromatic rings. The highest BCUT2D eigenvalue weighted by Crippen LogP contribution is 2.31. The summed E-state index contributed by atoms with van der Waals surface area (Å²) in [4.78, 5) is 21.2. The van der Waals surface area contributed by atoms with Gasteiger partial charge >= 0.3 is 0 Å². The number of thiazole rings is 1. The van der Waals surface area contributed by atoms with Crippen molar-refractivity contribution in [1.82, 2.24) is 9.88 Å². The number of carbonyl (C=O) groups excluding carboxylic acids is 1. The molecule has 1 aromatic heterocycles. The van der Waals surface area contributed by atoms with E-state index >= 15 is 0 Å². The number of rotatable bonds is 9. The summed E-state index contributed by atoms with van der Waals surface area (Å²) in [7, 11) is 0.270. The summed E-state index contributed by atoms with van der Waals surface area (Å²) in [5.74, 6) is -0.846. The van der Waals surface area contributed by atoms with Gasteiger partial charge in [-0.3, -0.25) is 9.69 Å². The third kappa shape index (κ3) is 6.31. The minimum atomic E-state index is -3.58. The Hall–Kier alpha value is -1.88. The number of likely N-dealkylation sites (N-methyl/N-ethyl adjacent to an activating group) is 1. The van der Waals surface area contributed by atoms with E-state index in [0.717, 1.165) is 26.8 Å². The van der Waals surface area contributed by atoms with E-state index in [1.807, 2.05) is 37.2 Å². The number of amides is 1. The number of anilines is 1. The van der Waals surface area contributed by atoms with Gasteiger partial charge in [-0.05, 0) is 63.0 Å². The number of hydrogen-bond donors (Lipinski definition) is 0. The third-order valence-corrected chi connectivity index (χ3v) is 7.97. The molecule has 0 atom stereocenters. The Kier molecular flexibility index (Phi) is 7.79. The van der Waals surface area contributed by atoms with Crippen molar-refractivity contribution in [1.29, 1.82) is 0 Å². The number of sulfone groups is 1. The Labute approximate surface area is 193 Å². The van der Waals surface area contributed by atoms with Crippen molar-refractivity contribution >= 4 is 58.4 Å². The Bertz CT molecular complexity index is 1160. The van der Waals surface area contributed by atoms with Crippen LogP contribution in [0, 0.1) is 5.82 Å². The van der Waals surface area contributed by atoms with E-state index in [0.29, 0.717) is 18.2 Å². The first-order valence-electron chi connectivity index (χ1n) is 9.65. The van der Waals surface area contributed by atoms with Crippen LogP contribution in [0.25, 0.3) is 10.2 Å². The maximum Gasteiger partial charge on any atom is 0.228 e. The van der Waals surface area contributed by atoms with Gasteiger partial charge in [0.25, 0.3) is 0 Å². The first-order chi connectivity index (χ1) is 14.7. The van der Waals surface area contributed by atoms with Crippen LogP contribution < -0.4 is 4.90 Å². The largest absolute Gasteiger partial charge is 0.308 e. The Morgan fingerprint density at radius 3 is 2.52 bits per heavy atom. The number of aromatic nitrogens is 1. The molecule has 0 radical (unpaired) electrons. The van der Waals surface area contributed by atoms with Gasteiger partial charge in [0.05, 0.1) is 20.9 Å². The summed E-state index contributed by atoms with van der Waals surface area (Å²) in [5, 5.41) is 0.598. The monoisotopic (exact) mass is 527 g/mol. The fourth-order valence-electron chi connectivity index (χ4n) is 2.94. The molecule has 0 aliphatic rings. The molecule has 0 N–H and O–H groups in total. The number of carbonyl (C=O) groups is 1. The molecule has 0 aliphatic carbocycles. The normalized spacial score (nSPS) is 11.9. The smallest absolute Gasteiger partial charge is 0.228 e. The van der Waals surface area contributed by atoms with E-state index in [1.165, 1.54) is 23.5 Å². The molecule has 6 nitrogen and oxygen atoms in total. The molecule has 0 fully saturated rings. The lowest BCUT2D eigenvalue weighted by Crippen LogP contribution is -2.36. The van der Waals surface area contributed by atoms with Crippen molar-refractivity contribution in [2.45, 2.75) is 17.7 Å². The van der Waals surface area contributed by atoms with Crippen molar-refractivity contribution in [2.75, 3.05) is 37.8 Å². The summed E-state index contributed by atoms with van der Waals surface area (Å²) in [5.41, 5.74) is 0.810. The molecule has 0 spiro atoms. The highest BCUT2D eigenvalue weighted by Gasteiger charge is 2.21. The van der Waals surface area contributed by atoms with E-state index in [4.69, 9.17) is 0 Å². The Balaban J connectivity index is 1.71. The lowest BCUT2D eigenvalue weighted by atomic mass is 10.3. The molecule has 0 aliphatic heterocycles. The molecule has 1 heterocycles. The van der Waals surface area contributed by atoms with E-state index in [1.54, 1.807) is 4.90 Å². The van der Waals surface area contributed by atoms with Crippen LogP contribution in [0.15, 0.2) is 51.8 Å². The minimum absolute atomic E-state index is 0.0579. The fraction of sp³-hybridized carbons (Fsp3) is 0.333. The van der Waals surface area contributed by atoms with E-state index in [-0.39, 0.29) is 29.4 Å². The minimum Gasteiger partial charge on any atom is -0.308 e. The second-order valence-corrected chi connectivity index (χ2v) is 11.4. The number of halogens is 2. The van der Waals surface area contributed by atoms with Crippen molar-refractivity contribution in [2.24, 2.45) is 0 Å². The zero-order valence-corrected chi connectivity index (χ0v) is 20.4. The van der Waals surface area contributed by atoms with Crippen LogP contribution in [0.2, 0.25) is 0 Å². The molecule has 31 heavy (non-hydrogen) atoms.